The van der Waals surface area contributed by atoms with Crippen LogP contribution in [0.4, 0.5) is 0 Å². The third kappa shape index (κ3) is 2.84. The van der Waals surface area contributed by atoms with Gasteiger partial charge in [-0.05, 0) is 37.6 Å². The van der Waals surface area contributed by atoms with Crippen LogP contribution in [0.2, 0.25) is 0 Å². The van der Waals surface area contributed by atoms with E-state index >= 15 is 0 Å². The number of carboxylic acid groups (broad SMARTS) is 1. The molecule has 1 heterocycles. The maximum atomic E-state index is 12.2. The fourth-order valence-electron chi connectivity index (χ4n) is 1.97. The summed E-state index contributed by atoms with van der Waals surface area (Å²) < 4.78 is 5.13. The summed E-state index contributed by atoms with van der Waals surface area (Å²) in [6, 6.07) is 7.07. The van der Waals surface area contributed by atoms with E-state index < -0.39 is 17.4 Å². The molecule has 6 heteroatoms. The van der Waals surface area contributed by atoms with E-state index in [1.165, 1.54) is 6.92 Å². The Labute approximate surface area is 122 Å². The van der Waals surface area contributed by atoms with Crippen molar-refractivity contribution in [1.29, 1.82) is 0 Å². The Bertz CT molecular complexity index is 692. The Balaban J connectivity index is 2.29. The molecule has 21 heavy (non-hydrogen) atoms. The molecular weight excluding hydrogens is 272 g/mol. The molecule has 0 radical (unpaired) electrons. The van der Waals surface area contributed by atoms with Gasteiger partial charge in [0.25, 0.3) is 5.91 Å². The van der Waals surface area contributed by atoms with Crippen molar-refractivity contribution >= 4 is 22.8 Å². The van der Waals surface area contributed by atoms with Gasteiger partial charge in [-0.15, -0.1) is 0 Å². The number of aromatic amines is 1. The maximum Gasteiger partial charge on any atom is 0.329 e. The van der Waals surface area contributed by atoms with Crippen molar-refractivity contribution in [2.24, 2.45) is 0 Å². The lowest BCUT2D eigenvalue weighted by Crippen LogP contribution is -2.51. The highest BCUT2D eigenvalue weighted by molar-refractivity contribution is 6.00. The molecule has 0 saturated carbocycles. The van der Waals surface area contributed by atoms with Crippen molar-refractivity contribution in [1.82, 2.24) is 10.3 Å². The Hall–Kier alpha value is -2.50. The number of methoxy groups -OCH3 is 1. The number of H-pyrrole nitrogens is 1. The quantitative estimate of drug-likeness (QED) is 0.787. The third-order valence-electron chi connectivity index (χ3n) is 3.64. The van der Waals surface area contributed by atoms with Gasteiger partial charge in [-0.25, -0.2) is 4.79 Å². The Morgan fingerprint density at radius 2 is 2.10 bits per heavy atom. The summed E-state index contributed by atoms with van der Waals surface area (Å²) in [6.07, 6.45) is 0.294. The molecule has 0 spiro atoms. The van der Waals surface area contributed by atoms with Gasteiger partial charge in [0.1, 0.15) is 17.0 Å². The van der Waals surface area contributed by atoms with Crippen molar-refractivity contribution in [3.8, 4) is 5.75 Å². The van der Waals surface area contributed by atoms with Crippen LogP contribution in [0.3, 0.4) is 0 Å². The first-order valence-electron chi connectivity index (χ1n) is 6.62. The van der Waals surface area contributed by atoms with Gasteiger partial charge in [-0.1, -0.05) is 6.92 Å². The lowest BCUT2D eigenvalue weighted by molar-refractivity contribution is -0.143. The summed E-state index contributed by atoms with van der Waals surface area (Å²) in [4.78, 5) is 26.4. The number of carbonyl (C=O) groups excluding carboxylic acids is 1. The smallest absolute Gasteiger partial charge is 0.329 e. The van der Waals surface area contributed by atoms with E-state index in [1.54, 1.807) is 38.3 Å². The maximum absolute atomic E-state index is 12.2. The van der Waals surface area contributed by atoms with E-state index in [9.17, 15) is 14.7 Å². The molecule has 0 saturated heterocycles. The van der Waals surface area contributed by atoms with Gasteiger partial charge in [-0.2, -0.15) is 0 Å². The van der Waals surface area contributed by atoms with Crippen molar-refractivity contribution in [3.63, 3.8) is 0 Å². The fourth-order valence-corrected chi connectivity index (χ4v) is 1.97. The Morgan fingerprint density at radius 1 is 1.38 bits per heavy atom. The summed E-state index contributed by atoms with van der Waals surface area (Å²) >= 11 is 0. The zero-order chi connectivity index (χ0) is 15.6. The fraction of sp³-hybridized carbons (Fsp3) is 0.333. The van der Waals surface area contributed by atoms with Crippen LogP contribution in [0, 0.1) is 0 Å². The van der Waals surface area contributed by atoms with E-state index in [1.807, 2.05) is 0 Å². The average Bonchev–Trinajstić information content (AvgIpc) is 2.89. The van der Waals surface area contributed by atoms with Crippen molar-refractivity contribution < 1.29 is 19.4 Å². The topological polar surface area (TPSA) is 91.4 Å². The molecule has 1 unspecified atom stereocenters. The molecule has 6 nitrogen and oxygen atoms in total. The van der Waals surface area contributed by atoms with Crippen LogP contribution in [0.5, 0.6) is 5.75 Å². The molecule has 0 aliphatic heterocycles. The predicted molar refractivity (Wildman–Crippen MR) is 78.6 cm³/mol. The summed E-state index contributed by atoms with van der Waals surface area (Å²) in [5, 5.41) is 12.6. The number of benzene rings is 1. The molecule has 0 aliphatic carbocycles. The van der Waals surface area contributed by atoms with Crippen LogP contribution < -0.4 is 10.1 Å². The van der Waals surface area contributed by atoms with Gasteiger partial charge in [0.2, 0.25) is 0 Å². The van der Waals surface area contributed by atoms with Gasteiger partial charge in [0, 0.05) is 10.9 Å². The number of carboxylic acids is 1. The first-order chi connectivity index (χ1) is 9.89. The van der Waals surface area contributed by atoms with Crippen molar-refractivity contribution in [2.45, 2.75) is 25.8 Å². The minimum absolute atomic E-state index is 0.294. The number of ether oxygens (including phenoxy) is 1. The second-order valence-corrected chi connectivity index (χ2v) is 5.08. The molecule has 1 amide bonds. The molecule has 3 N–H and O–H groups in total. The molecule has 0 bridgehead atoms. The lowest BCUT2D eigenvalue weighted by Gasteiger charge is -2.24. The number of amides is 1. The molecule has 1 aromatic carbocycles. The number of nitrogens with one attached hydrogen (secondary N) is 2. The van der Waals surface area contributed by atoms with Crippen LogP contribution >= 0.6 is 0 Å². The minimum atomic E-state index is -1.29. The number of hydrogen-bond donors (Lipinski definition) is 3. The molecule has 1 atom stereocenters. The minimum Gasteiger partial charge on any atom is -0.497 e. The first kappa shape index (κ1) is 14.9. The first-order valence-corrected chi connectivity index (χ1v) is 6.62. The van der Waals surface area contributed by atoms with E-state index in [-0.39, 0.29) is 0 Å². The number of carbonyl (C=O) groups is 2. The van der Waals surface area contributed by atoms with E-state index in [4.69, 9.17) is 4.74 Å². The van der Waals surface area contributed by atoms with Gasteiger partial charge in [0.15, 0.2) is 0 Å². The summed E-state index contributed by atoms with van der Waals surface area (Å²) in [5.74, 6) is -0.814. The SMILES string of the molecule is CCC(C)(NC(=O)c1cc2cc(OC)ccc2[nH]1)C(=O)O. The molecule has 0 fully saturated rings. The number of fused-ring (bicyclic) bond motifs is 1. The van der Waals surface area contributed by atoms with Crippen LogP contribution in [0.15, 0.2) is 24.3 Å². The van der Waals surface area contributed by atoms with Gasteiger partial charge >= 0.3 is 5.97 Å². The Morgan fingerprint density at radius 3 is 2.67 bits per heavy atom. The standard InChI is InChI=1S/C15H18N2O4/c1-4-15(2,14(19)20)17-13(18)12-8-9-7-10(21-3)5-6-11(9)16-12/h5-8,16H,4H2,1-3H3,(H,17,18)(H,19,20). The zero-order valence-corrected chi connectivity index (χ0v) is 12.2. The monoisotopic (exact) mass is 290 g/mol. The lowest BCUT2D eigenvalue weighted by atomic mass is 9.99. The largest absolute Gasteiger partial charge is 0.497 e. The summed E-state index contributed by atoms with van der Waals surface area (Å²) in [6.45, 7) is 3.20. The predicted octanol–water partition coefficient (Wildman–Crippen LogP) is 2.16. The van der Waals surface area contributed by atoms with Gasteiger partial charge in [0.05, 0.1) is 7.11 Å². The molecular formula is C15H18N2O4. The van der Waals surface area contributed by atoms with Gasteiger partial charge < -0.3 is 20.1 Å². The molecule has 112 valence electrons. The van der Waals surface area contributed by atoms with Crippen LogP contribution in [-0.4, -0.2) is 34.6 Å². The number of aliphatic carboxylic acids is 1. The van der Waals surface area contributed by atoms with Gasteiger partial charge in [-0.3, -0.25) is 4.79 Å². The number of aromatic nitrogens is 1. The van der Waals surface area contributed by atoms with E-state index in [0.717, 1.165) is 10.9 Å². The highest BCUT2D eigenvalue weighted by Gasteiger charge is 2.33. The van der Waals surface area contributed by atoms with E-state index in [2.05, 4.69) is 10.3 Å². The normalized spacial score (nSPS) is 13.7. The Kier molecular flexibility index (Phi) is 3.88. The van der Waals surface area contributed by atoms with Crippen LogP contribution in [-0.2, 0) is 4.79 Å². The molecule has 0 aliphatic rings. The highest BCUT2D eigenvalue weighted by Crippen LogP contribution is 2.22. The van der Waals surface area contributed by atoms with E-state index in [0.29, 0.717) is 17.9 Å². The average molecular weight is 290 g/mol. The summed E-state index contributed by atoms with van der Waals surface area (Å²) in [7, 11) is 1.57. The second-order valence-electron chi connectivity index (χ2n) is 5.08. The van der Waals surface area contributed by atoms with Crippen molar-refractivity contribution in [3.05, 3.63) is 30.0 Å². The second kappa shape index (κ2) is 5.47. The number of hydrogen-bond acceptors (Lipinski definition) is 3. The summed E-state index contributed by atoms with van der Waals surface area (Å²) in [5.41, 5.74) is -0.180. The van der Waals surface area contributed by atoms with Crippen molar-refractivity contribution in [2.75, 3.05) is 7.11 Å². The number of rotatable bonds is 5. The molecule has 1 aromatic heterocycles. The molecule has 2 rings (SSSR count). The van der Waals surface area contributed by atoms with Crippen LogP contribution in [0.25, 0.3) is 10.9 Å². The molecule has 2 aromatic rings. The zero-order valence-electron chi connectivity index (χ0n) is 12.2. The van der Waals surface area contributed by atoms with Crippen LogP contribution in [0.1, 0.15) is 30.8 Å². The highest BCUT2D eigenvalue weighted by atomic mass is 16.5. The third-order valence-corrected chi connectivity index (χ3v) is 3.64.